The first-order valence-corrected chi connectivity index (χ1v) is 6.65. The van der Waals surface area contributed by atoms with E-state index in [0.29, 0.717) is 13.2 Å². The monoisotopic (exact) mass is 265 g/mol. The molecule has 1 aromatic rings. The minimum Gasteiger partial charge on any atom is -0.377 e. The van der Waals surface area contributed by atoms with Gasteiger partial charge in [-0.2, -0.15) is 5.26 Å². The van der Waals surface area contributed by atoms with Gasteiger partial charge in [-0.15, -0.1) is 0 Å². The molecule has 0 unspecified atom stereocenters. The van der Waals surface area contributed by atoms with Gasteiger partial charge in [-0.05, 0) is 44.7 Å². The lowest BCUT2D eigenvalue weighted by Gasteiger charge is -2.14. The van der Waals surface area contributed by atoms with Crippen LogP contribution in [0, 0.1) is 16.7 Å². The van der Waals surface area contributed by atoms with E-state index < -0.39 is 0 Å². The van der Waals surface area contributed by atoms with E-state index in [-0.39, 0.29) is 5.41 Å². The molecule has 1 aromatic carbocycles. The van der Waals surface area contributed by atoms with Gasteiger partial charge in [0.25, 0.3) is 0 Å². The lowest BCUT2D eigenvalue weighted by Crippen LogP contribution is -2.08. The van der Waals surface area contributed by atoms with E-state index in [1.54, 1.807) is 0 Å². The van der Waals surface area contributed by atoms with Gasteiger partial charge in [0.2, 0.25) is 0 Å². The Morgan fingerprint density at radius 2 is 2.00 bits per heavy atom. The zero-order valence-electron chi connectivity index (χ0n) is 11.1. The third-order valence-corrected chi connectivity index (χ3v) is 3.23. The van der Waals surface area contributed by atoms with Crippen LogP contribution in [0.3, 0.4) is 0 Å². The van der Waals surface area contributed by atoms with Crippen molar-refractivity contribution in [1.82, 2.24) is 0 Å². The first-order valence-electron chi connectivity index (χ1n) is 6.27. The fraction of sp³-hybridized carbons (Fsp3) is 0.533. The topological polar surface area (TPSA) is 33.0 Å². The van der Waals surface area contributed by atoms with Crippen molar-refractivity contribution in [1.29, 1.82) is 5.26 Å². The Hall–Kier alpha value is -1.04. The van der Waals surface area contributed by atoms with E-state index in [9.17, 15) is 0 Å². The molecule has 0 radical (unpaired) electrons. The zero-order valence-corrected chi connectivity index (χ0v) is 11.8. The van der Waals surface area contributed by atoms with Crippen LogP contribution in [-0.4, -0.2) is 6.61 Å². The molecule has 0 aliphatic carbocycles. The lowest BCUT2D eigenvalue weighted by atomic mass is 9.89. The number of rotatable bonds is 7. The van der Waals surface area contributed by atoms with Gasteiger partial charge in [-0.3, -0.25) is 0 Å². The average molecular weight is 266 g/mol. The van der Waals surface area contributed by atoms with E-state index in [1.165, 1.54) is 0 Å². The molecular formula is C15H20ClNO. The summed E-state index contributed by atoms with van der Waals surface area (Å²) in [5, 5.41) is 9.63. The SMILES string of the molecule is CC(C)(C#N)CCCCOCc1ccccc1Cl. The fourth-order valence-corrected chi connectivity index (χ4v) is 1.81. The molecule has 0 amide bonds. The Balaban J connectivity index is 2.13. The highest BCUT2D eigenvalue weighted by atomic mass is 35.5. The third-order valence-electron chi connectivity index (χ3n) is 2.86. The molecule has 0 saturated heterocycles. The molecule has 0 aliphatic rings. The van der Waals surface area contributed by atoms with Crippen molar-refractivity contribution >= 4 is 11.6 Å². The van der Waals surface area contributed by atoms with Gasteiger partial charge in [0, 0.05) is 11.6 Å². The Kier molecular flexibility index (Phi) is 6.18. The average Bonchev–Trinajstić information content (AvgIpc) is 2.35. The Morgan fingerprint density at radius 1 is 1.28 bits per heavy atom. The fourth-order valence-electron chi connectivity index (χ4n) is 1.62. The summed E-state index contributed by atoms with van der Waals surface area (Å²) in [5.41, 5.74) is 0.805. The van der Waals surface area contributed by atoms with Crippen LogP contribution in [0.25, 0.3) is 0 Å². The summed E-state index contributed by atoms with van der Waals surface area (Å²) >= 11 is 6.03. The van der Waals surface area contributed by atoms with E-state index >= 15 is 0 Å². The number of hydrogen-bond donors (Lipinski definition) is 0. The summed E-state index contributed by atoms with van der Waals surface area (Å²) in [4.78, 5) is 0. The molecule has 0 aromatic heterocycles. The van der Waals surface area contributed by atoms with E-state index in [4.69, 9.17) is 21.6 Å². The Bertz CT molecular complexity index is 409. The van der Waals surface area contributed by atoms with Gasteiger partial charge in [-0.25, -0.2) is 0 Å². The summed E-state index contributed by atoms with van der Waals surface area (Å²) in [5.74, 6) is 0. The van der Waals surface area contributed by atoms with Gasteiger partial charge in [0.1, 0.15) is 0 Å². The lowest BCUT2D eigenvalue weighted by molar-refractivity contribution is 0.115. The molecule has 98 valence electrons. The van der Waals surface area contributed by atoms with E-state index in [0.717, 1.165) is 29.8 Å². The molecule has 0 aliphatic heterocycles. The molecular weight excluding hydrogens is 246 g/mol. The number of nitrogens with zero attached hydrogens (tertiary/aromatic N) is 1. The second-order valence-corrected chi connectivity index (χ2v) is 5.50. The standard InChI is InChI=1S/C15H20ClNO/c1-15(2,12-17)9-5-6-10-18-11-13-7-3-4-8-14(13)16/h3-4,7-8H,5-6,9-11H2,1-2H3. The van der Waals surface area contributed by atoms with Crippen molar-refractivity contribution in [2.75, 3.05) is 6.61 Å². The summed E-state index contributed by atoms with van der Waals surface area (Å²) in [7, 11) is 0. The minimum absolute atomic E-state index is 0.220. The Labute approximate surface area is 115 Å². The van der Waals surface area contributed by atoms with Gasteiger partial charge in [0.15, 0.2) is 0 Å². The highest BCUT2D eigenvalue weighted by Crippen LogP contribution is 2.21. The highest BCUT2D eigenvalue weighted by Gasteiger charge is 2.15. The molecule has 0 saturated carbocycles. The predicted molar refractivity (Wildman–Crippen MR) is 74.4 cm³/mol. The van der Waals surface area contributed by atoms with Gasteiger partial charge < -0.3 is 4.74 Å². The summed E-state index contributed by atoms with van der Waals surface area (Å²) < 4.78 is 5.58. The van der Waals surface area contributed by atoms with Crippen LogP contribution in [0.2, 0.25) is 5.02 Å². The molecule has 0 atom stereocenters. The molecule has 0 N–H and O–H groups in total. The maximum atomic E-state index is 8.88. The number of nitriles is 1. The van der Waals surface area contributed by atoms with Gasteiger partial charge in [-0.1, -0.05) is 29.8 Å². The van der Waals surface area contributed by atoms with Crippen LogP contribution in [0.4, 0.5) is 0 Å². The zero-order chi connectivity index (χ0) is 13.4. The van der Waals surface area contributed by atoms with Crippen LogP contribution in [0.1, 0.15) is 38.7 Å². The first kappa shape index (κ1) is 15.0. The predicted octanol–water partition coefficient (Wildman–Crippen LogP) is 4.58. The molecule has 2 nitrogen and oxygen atoms in total. The normalized spacial score (nSPS) is 11.2. The summed E-state index contributed by atoms with van der Waals surface area (Å²) in [6.07, 6.45) is 2.91. The molecule has 0 heterocycles. The first-order chi connectivity index (χ1) is 8.55. The molecule has 0 spiro atoms. The van der Waals surface area contributed by atoms with Crippen molar-refractivity contribution < 1.29 is 4.74 Å². The quantitative estimate of drug-likeness (QED) is 0.676. The van der Waals surface area contributed by atoms with Crippen LogP contribution in [0.5, 0.6) is 0 Å². The summed E-state index contributed by atoms with van der Waals surface area (Å²) in [6, 6.07) is 10.0. The molecule has 18 heavy (non-hydrogen) atoms. The van der Waals surface area contributed by atoms with Crippen LogP contribution in [-0.2, 0) is 11.3 Å². The number of hydrogen-bond acceptors (Lipinski definition) is 2. The number of ether oxygens (including phenoxy) is 1. The van der Waals surface area contributed by atoms with Crippen LogP contribution >= 0.6 is 11.6 Å². The number of benzene rings is 1. The van der Waals surface area contributed by atoms with Crippen molar-refractivity contribution in [2.45, 2.75) is 39.7 Å². The van der Waals surface area contributed by atoms with Crippen LogP contribution in [0.15, 0.2) is 24.3 Å². The van der Waals surface area contributed by atoms with E-state index in [2.05, 4.69) is 6.07 Å². The second-order valence-electron chi connectivity index (χ2n) is 5.10. The number of unbranched alkanes of at least 4 members (excludes halogenated alkanes) is 1. The third kappa shape index (κ3) is 5.53. The molecule has 0 fully saturated rings. The highest BCUT2D eigenvalue weighted by molar-refractivity contribution is 6.31. The minimum atomic E-state index is -0.220. The second kappa shape index (κ2) is 7.41. The summed E-state index contributed by atoms with van der Waals surface area (Å²) in [6.45, 7) is 5.21. The maximum Gasteiger partial charge on any atom is 0.0731 e. The Morgan fingerprint density at radius 3 is 2.67 bits per heavy atom. The smallest absolute Gasteiger partial charge is 0.0731 e. The maximum absolute atomic E-state index is 8.88. The van der Waals surface area contributed by atoms with Crippen molar-refractivity contribution in [3.05, 3.63) is 34.9 Å². The molecule has 3 heteroatoms. The molecule has 1 rings (SSSR count). The van der Waals surface area contributed by atoms with Crippen molar-refractivity contribution in [3.8, 4) is 6.07 Å². The molecule has 0 bridgehead atoms. The van der Waals surface area contributed by atoms with E-state index in [1.807, 2.05) is 38.1 Å². The van der Waals surface area contributed by atoms with Crippen molar-refractivity contribution in [2.24, 2.45) is 5.41 Å². The number of halogens is 1. The van der Waals surface area contributed by atoms with Gasteiger partial charge in [0.05, 0.1) is 18.1 Å². The van der Waals surface area contributed by atoms with Crippen LogP contribution < -0.4 is 0 Å². The largest absolute Gasteiger partial charge is 0.377 e. The van der Waals surface area contributed by atoms with Crippen molar-refractivity contribution in [3.63, 3.8) is 0 Å². The van der Waals surface area contributed by atoms with Gasteiger partial charge >= 0.3 is 0 Å².